The zero-order valence-corrected chi connectivity index (χ0v) is 15.8. The maximum absolute atomic E-state index is 2.82. The van der Waals surface area contributed by atoms with Crippen LogP contribution in [0.1, 0.15) is 34.6 Å². The quantitative estimate of drug-likeness (QED) is 0.780. The molecule has 4 aliphatic heterocycles. The first kappa shape index (κ1) is 16.3. The predicted octanol–water partition coefficient (Wildman–Crippen LogP) is 1.43. The van der Waals surface area contributed by atoms with E-state index >= 15 is 0 Å². The third kappa shape index (κ3) is 2.97. The molecule has 4 fully saturated rings. The monoisotopic (exact) mass is 320 g/mol. The van der Waals surface area contributed by atoms with Gasteiger partial charge in [0.25, 0.3) is 0 Å². The highest BCUT2D eigenvalue weighted by atomic mass is 15.4. The van der Waals surface area contributed by atoms with Gasteiger partial charge in [0.1, 0.15) is 0 Å². The Labute approximate surface area is 142 Å². The summed E-state index contributed by atoms with van der Waals surface area (Å²) in [6.45, 7) is 22.4. The van der Waals surface area contributed by atoms with Crippen LogP contribution in [-0.4, -0.2) is 95.6 Å². The minimum atomic E-state index is 0.357. The van der Waals surface area contributed by atoms with Gasteiger partial charge in [-0.05, 0) is 46.5 Å². The summed E-state index contributed by atoms with van der Waals surface area (Å²) in [7, 11) is 0. The molecule has 23 heavy (non-hydrogen) atoms. The van der Waals surface area contributed by atoms with Crippen molar-refractivity contribution in [1.29, 1.82) is 0 Å². The number of hydrogen-bond acceptors (Lipinski definition) is 4. The molecular weight excluding hydrogens is 284 g/mol. The first-order valence-corrected chi connectivity index (χ1v) is 9.78. The van der Waals surface area contributed by atoms with Crippen LogP contribution in [0, 0.1) is 11.8 Å². The van der Waals surface area contributed by atoms with Crippen molar-refractivity contribution in [2.75, 3.05) is 52.4 Å². The molecule has 4 rings (SSSR count). The molecule has 0 aromatic carbocycles. The van der Waals surface area contributed by atoms with Gasteiger partial charge < -0.3 is 0 Å². The Morgan fingerprint density at radius 3 is 1.52 bits per heavy atom. The van der Waals surface area contributed by atoms with E-state index in [1.807, 2.05) is 0 Å². The summed E-state index contributed by atoms with van der Waals surface area (Å²) >= 11 is 0. The minimum absolute atomic E-state index is 0.357. The molecule has 4 aliphatic rings. The van der Waals surface area contributed by atoms with Crippen LogP contribution in [0.2, 0.25) is 0 Å². The Morgan fingerprint density at radius 1 is 0.696 bits per heavy atom. The molecule has 0 radical (unpaired) electrons. The average molecular weight is 321 g/mol. The van der Waals surface area contributed by atoms with E-state index in [1.165, 1.54) is 52.4 Å². The highest BCUT2D eigenvalue weighted by molar-refractivity contribution is 5.03. The maximum atomic E-state index is 2.82. The van der Waals surface area contributed by atoms with E-state index in [-0.39, 0.29) is 0 Å². The van der Waals surface area contributed by atoms with Crippen molar-refractivity contribution in [2.45, 2.75) is 58.3 Å². The lowest BCUT2D eigenvalue weighted by atomic mass is 9.97. The van der Waals surface area contributed by atoms with Crippen molar-refractivity contribution in [1.82, 2.24) is 19.6 Å². The van der Waals surface area contributed by atoms with Gasteiger partial charge in [0.15, 0.2) is 0 Å². The molecule has 0 amide bonds. The molecule has 0 aromatic rings. The average Bonchev–Trinajstić information content (AvgIpc) is 2.79. The molecule has 132 valence electrons. The van der Waals surface area contributed by atoms with Gasteiger partial charge in [-0.2, -0.15) is 0 Å². The molecular formula is C19H36N4. The van der Waals surface area contributed by atoms with E-state index in [1.54, 1.807) is 0 Å². The second-order valence-corrected chi connectivity index (χ2v) is 9.86. The number of rotatable bonds is 3. The predicted molar refractivity (Wildman–Crippen MR) is 95.7 cm³/mol. The lowest BCUT2D eigenvalue weighted by Crippen LogP contribution is -2.64. The molecule has 4 heteroatoms. The Hall–Kier alpha value is -0.160. The number of likely N-dealkylation sites (tertiary alicyclic amines) is 4. The van der Waals surface area contributed by atoms with Gasteiger partial charge in [-0.3, -0.25) is 19.6 Å². The minimum Gasteiger partial charge on any atom is -0.298 e. The highest BCUT2D eigenvalue weighted by Crippen LogP contribution is 2.37. The van der Waals surface area contributed by atoms with Crippen molar-refractivity contribution < 1.29 is 0 Å². The molecule has 2 unspecified atom stereocenters. The van der Waals surface area contributed by atoms with Crippen LogP contribution in [0.25, 0.3) is 0 Å². The summed E-state index contributed by atoms with van der Waals surface area (Å²) < 4.78 is 0. The first-order valence-electron chi connectivity index (χ1n) is 9.78. The van der Waals surface area contributed by atoms with Crippen molar-refractivity contribution in [3.8, 4) is 0 Å². The summed E-state index contributed by atoms with van der Waals surface area (Å²) in [6.07, 6.45) is 0. The zero-order chi connectivity index (χ0) is 16.4. The lowest BCUT2D eigenvalue weighted by Gasteiger charge is -2.51. The summed E-state index contributed by atoms with van der Waals surface area (Å²) in [5.74, 6) is 1.90. The Morgan fingerprint density at radius 2 is 1.13 bits per heavy atom. The lowest BCUT2D eigenvalue weighted by molar-refractivity contribution is -0.0206. The third-order valence-electron chi connectivity index (χ3n) is 7.01. The van der Waals surface area contributed by atoms with Gasteiger partial charge in [0.2, 0.25) is 0 Å². The second-order valence-electron chi connectivity index (χ2n) is 9.86. The molecule has 0 aliphatic carbocycles. The summed E-state index contributed by atoms with van der Waals surface area (Å²) in [5, 5.41) is 0. The fourth-order valence-electron chi connectivity index (χ4n) is 5.04. The van der Waals surface area contributed by atoms with E-state index in [4.69, 9.17) is 0 Å². The normalized spacial score (nSPS) is 35.7. The second kappa shape index (κ2) is 5.69. The Bertz CT molecular complexity index is 417. The van der Waals surface area contributed by atoms with Crippen molar-refractivity contribution in [3.63, 3.8) is 0 Å². The highest BCUT2D eigenvalue weighted by Gasteiger charge is 2.48. The van der Waals surface area contributed by atoms with Crippen LogP contribution in [0.15, 0.2) is 0 Å². The van der Waals surface area contributed by atoms with Crippen LogP contribution >= 0.6 is 0 Å². The smallest absolute Gasteiger partial charge is 0.0351 e. The zero-order valence-electron chi connectivity index (χ0n) is 15.8. The molecule has 4 saturated heterocycles. The fraction of sp³-hybridized carbons (Fsp3) is 1.00. The summed E-state index contributed by atoms with van der Waals surface area (Å²) in [4.78, 5) is 10.9. The van der Waals surface area contributed by atoms with Gasteiger partial charge in [-0.25, -0.2) is 0 Å². The van der Waals surface area contributed by atoms with E-state index in [0.29, 0.717) is 5.54 Å². The maximum Gasteiger partial charge on any atom is 0.0351 e. The molecule has 4 nitrogen and oxygen atoms in total. The van der Waals surface area contributed by atoms with Gasteiger partial charge in [0, 0.05) is 76.0 Å². The summed E-state index contributed by atoms with van der Waals surface area (Å²) in [6, 6.07) is 2.43. The molecule has 0 spiro atoms. The molecule has 2 atom stereocenters. The van der Waals surface area contributed by atoms with Gasteiger partial charge in [-0.1, -0.05) is 0 Å². The van der Waals surface area contributed by atoms with Gasteiger partial charge in [-0.15, -0.1) is 0 Å². The van der Waals surface area contributed by atoms with Gasteiger partial charge in [0.05, 0.1) is 0 Å². The van der Waals surface area contributed by atoms with Crippen molar-refractivity contribution in [2.24, 2.45) is 11.8 Å². The first-order chi connectivity index (χ1) is 10.8. The molecule has 0 N–H and O–H groups in total. The topological polar surface area (TPSA) is 13.0 Å². The Balaban J connectivity index is 1.22. The molecule has 0 aromatic heterocycles. The number of nitrogens with zero attached hydrogens (tertiary/aromatic N) is 4. The van der Waals surface area contributed by atoms with Crippen LogP contribution in [0.5, 0.6) is 0 Å². The Kier molecular flexibility index (Phi) is 4.03. The van der Waals surface area contributed by atoms with Crippen molar-refractivity contribution >= 4 is 0 Å². The third-order valence-corrected chi connectivity index (χ3v) is 7.01. The molecule has 0 bridgehead atoms. The number of fused-ring (bicyclic) bond motifs is 1. The van der Waals surface area contributed by atoms with Gasteiger partial charge >= 0.3 is 0 Å². The number of hydrogen-bond donors (Lipinski definition) is 0. The van der Waals surface area contributed by atoms with E-state index in [0.717, 1.165) is 30.0 Å². The van der Waals surface area contributed by atoms with Crippen LogP contribution in [-0.2, 0) is 0 Å². The standard InChI is InChI=1S/C19H36N4/c1-14(2)20-10-17(11-20)21-6-15-8-22(9-16(15)7-21)18-12-23(13-18)19(3,4)5/h14-18H,6-13H2,1-5H3. The molecule has 0 saturated carbocycles. The van der Waals surface area contributed by atoms with Crippen molar-refractivity contribution in [3.05, 3.63) is 0 Å². The van der Waals surface area contributed by atoms with Crippen LogP contribution in [0.4, 0.5) is 0 Å². The van der Waals surface area contributed by atoms with E-state index in [9.17, 15) is 0 Å². The van der Waals surface area contributed by atoms with E-state index in [2.05, 4.69) is 54.2 Å². The van der Waals surface area contributed by atoms with E-state index < -0.39 is 0 Å². The van der Waals surface area contributed by atoms with Crippen LogP contribution < -0.4 is 0 Å². The molecule has 4 heterocycles. The fourth-order valence-corrected chi connectivity index (χ4v) is 5.04. The van der Waals surface area contributed by atoms with Crippen LogP contribution in [0.3, 0.4) is 0 Å². The SMILES string of the molecule is CC(C)N1CC(N2CC3CN(C4CN(C(C)(C)C)C4)CC3C2)C1. The summed E-state index contributed by atoms with van der Waals surface area (Å²) in [5.41, 5.74) is 0.357. The largest absolute Gasteiger partial charge is 0.298 e.